The summed E-state index contributed by atoms with van der Waals surface area (Å²) in [5.74, 6) is 0.564. The maximum atomic E-state index is 12.5. The second-order valence-electron chi connectivity index (χ2n) is 7.05. The molecule has 1 heterocycles. The van der Waals surface area contributed by atoms with Crippen molar-refractivity contribution in [3.05, 3.63) is 59.8 Å². The number of ether oxygens (including phenoxy) is 3. The van der Waals surface area contributed by atoms with Crippen LogP contribution in [0, 0.1) is 5.92 Å². The lowest BCUT2D eigenvalue weighted by Crippen LogP contribution is -2.14. The summed E-state index contributed by atoms with van der Waals surface area (Å²) in [5.41, 5.74) is 1.67. The van der Waals surface area contributed by atoms with E-state index in [4.69, 9.17) is 14.2 Å². The van der Waals surface area contributed by atoms with Crippen LogP contribution in [0.3, 0.4) is 0 Å². The van der Waals surface area contributed by atoms with E-state index in [0.29, 0.717) is 41.8 Å². The lowest BCUT2D eigenvalue weighted by Gasteiger charge is -2.14. The first kappa shape index (κ1) is 20.5. The molecule has 0 spiro atoms. The van der Waals surface area contributed by atoms with Crippen LogP contribution in [-0.4, -0.2) is 36.6 Å². The molecule has 0 amide bonds. The number of hydrogen-bond donors (Lipinski definition) is 1. The monoisotopic (exact) mass is 395 g/mol. The smallest absolute Gasteiger partial charge is 0.338 e. The Labute approximate surface area is 169 Å². The number of benzene rings is 2. The van der Waals surface area contributed by atoms with Crippen LogP contribution < -0.4 is 9.47 Å². The predicted molar refractivity (Wildman–Crippen MR) is 111 cm³/mol. The van der Waals surface area contributed by atoms with Crippen molar-refractivity contribution < 1.29 is 23.8 Å². The van der Waals surface area contributed by atoms with Crippen molar-refractivity contribution in [1.29, 1.82) is 0 Å². The number of para-hydroxylation sites is 1. The van der Waals surface area contributed by atoms with Crippen LogP contribution in [0.2, 0.25) is 0 Å². The highest BCUT2D eigenvalue weighted by Crippen LogP contribution is 2.29. The molecule has 29 heavy (non-hydrogen) atoms. The van der Waals surface area contributed by atoms with Gasteiger partial charge in [0.2, 0.25) is 5.78 Å². The third kappa shape index (κ3) is 4.96. The van der Waals surface area contributed by atoms with Crippen molar-refractivity contribution in [3.63, 3.8) is 0 Å². The number of hydrogen-bond acceptors (Lipinski definition) is 5. The Morgan fingerprint density at radius 1 is 1.03 bits per heavy atom. The number of carbonyl (C=O) groups is 2. The average Bonchev–Trinajstić information content (AvgIpc) is 3.15. The molecule has 0 aliphatic carbocycles. The molecule has 1 N–H and O–H groups in total. The molecule has 0 radical (unpaired) electrons. The quantitative estimate of drug-likeness (QED) is 0.422. The fourth-order valence-electron chi connectivity index (χ4n) is 2.87. The summed E-state index contributed by atoms with van der Waals surface area (Å²) in [4.78, 5) is 28.0. The molecule has 1 aromatic heterocycles. The van der Waals surface area contributed by atoms with Crippen LogP contribution in [0.1, 0.15) is 41.5 Å². The molecule has 0 aliphatic heterocycles. The van der Waals surface area contributed by atoms with Crippen molar-refractivity contribution in [2.75, 3.05) is 19.8 Å². The molecule has 0 atom stereocenters. The van der Waals surface area contributed by atoms with Crippen molar-refractivity contribution in [2.24, 2.45) is 5.92 Å². The number of aromatic amines is 1. The highest BCUT2D eigenvalue weighted by atomic mass is 16.5. The number of esters is 1. The van der Waals surface area contributed by atoms with E-state index in [1.807, 2.05) is 31.2 Å². The van der Waals surface area contributed by atoms with Gasteiger partial charge in [0.15, 0.2) is 18.1 Å². The summed E-state index contributed by atoms with van der Waals surface area (Å²) in [5, 5.41) is 0.804. The van der Waals surface area contributed by atoms with Gasteiger partial charge in [-0.2, -0.15) is 0 Å². The van der Waals surface area contributed by atoms with Crippen LogP contribution in [0.4, 0.5) is 0 Å². The first-order valence-electron chi connectivity index (χ1n) is 9.65. The number of H-pyrrole nitrogens is 1. The molecule has 6 heteroatoms. The Morgan fingerprint density at radius 3 is 2.59 bits per heavy atom. The summed E-state index contributed by atoms with van der Waals surface area (Å²) in [6, 6.07) is 12.4. The number of Topliss-reactive ketones (excluding diaryl/α,β-unsaturated/α-hetero) is 1. The number of ketones is 1. The van der Waals surface area contributed by atoms with Gasteiger partial charge >= 0.3 is 5.97 Å². The molecule has 3 rings (SSSR count). The minimum Gasteiger partial charge on any atom is -0.490 e. The van der Waals surface area contributed by atoms with Gasteiger partial charge in [-0.05, 0) is 37.1 Å². The van der Waals surface area contributed by atoms with Crippen LogP contribution in [-0.2, 0) is 4.74 Å². The van der Waals surface area contributed by atoms with E-state index in [9.17, 15) is 9.59 Å². The first-order chi connectivity index (χ1) is 14.0. The van der Waals surface area contributed by atoms with Gasteiger partial charge < -0.3 is 19.2 Å². The summed E-state index contributed by atoms with van der Waals surface area (Å²) >= 11 is 0. The molecule has 152 valence electrons. The molecule has 6 nitrogen and oxygen atoms in total. The molecule has 3 aromatic rings. The van der Waals surface area contributed by atoms with Crippen LogP contribution in [0.25, 0.3) is 10.9 Å². The molecule has 0 fully saturated rings. The topological polar surface area (TPSA) is 77.6 Å². The largest absolute Gasteiger partial charge is 0.490 e. The molecule has 0 bridgehead atoms. The Hall–Kier alpha value is -3.28. The molecular formula is C23H25NO5. The van der Waals surface area contributed by atoms with E-state index >= 15 is 0 Å². The fraction of sp³-hybridized carbons (Fsp3) is 0.304. The van der Waals surface area contributed by atoms with Gasteiger partial charge in [-0.3, -0.25) is 4.79 Å². The minimum atomic E-state index is -0.588. The predicted octanol–water partition coefficient (Wildman–Crippen LogP) is 4.64. The molecule has 2 aromatic carbocycles. The summed E-state index contributed by atoms with van der Waals surface area (Å²) in [6.07, 6.45) is 1.63. The normalized spacial score (nSPS) is 10.9. The number of fused-ring (bicyclic) bond motifs is 1. The van der Waals surface area contributed by atoms with E-state index in [0.717, 1.165) is 10.9 Å². The van der Waals surface area contributed by atoms with E-state index in [1.165, 1.54) is 0 Å². The molecule has 0 saturated carbocycles. The maximum Gasteiger partial charge on any atom is 0.338 e. The number of carbonyl (C=O) groups excluding carboxylic acids is 2. The lowest BCUT2D eigenvalue weighted by molar-refractivity contribution is 0.0474. The van der Waals surface area contributed by atoms with Gasteiger partial charge in [-0.15, -0.1) is 0 Å². The molecule has 0 saturated heterocycles. The second kappa shape index (κ2) is 9.28. The van der Waals surface area contributed by atoms with Crippen LogP contribution in [0.15, 0.2) is 48.7 Å². The summed E-state index contributed by atoms with van der Waals surface area (Å²) in [6.45, 7) is 6.61. The van der Waals surface area contributed by atoms with Crippen molar-refractivity contribution in [1.82, 2.24) is 4.98 Å². The lowest BCUT2D eigenvalue weighted by atomic mass is 10.1. The zero-order valence-corrected chi connectivity index (χ0v) is 16.9. The van der Waals surface area contributed by atoms with Gasteiger partial charge in [0, 0.05) is 22.7 Å². The SMILES string of the molecule is CCOc1cc(C(=O)OCC(=O)c2c[nH]c3ccccc23)ccc1OCC(C)C. The Kier molecular flexibility index (Phi) is 6.54. The average molecular weight is 395 g/mol. The standard InChI is InChI=1S/C23H25NO5/c1-4-27-22-11-16(9-10-21(22)28-13-15(2)3)23(26)29-14-20(25)18-12-24-19-8-6-5-7-17(18)19/h5-12,15,24H,4,13-14H2,1-3H3. The third-order valence-electron chi connectivity index (χ3n) is 4.28. The van der Waals surface area contributed by atoms with Crippen molar-refractivity contribution >= 4 is 22.7 Å². The van der Waals surface area contributed by atoms with Crippen molar-refractivity contribution in [2.45, 2.75) is 20.8 Å². The van der Waals surface area contributed by atoms with E-state index in [-0.39, 0.29) is 12.4 Å². The Bertz CT molecular complexity index is 1010. The number of nitrogens with one attached hydrogen (secondary N) is 1. The van der Waals surface area contributed by atoms with E-state index < -0.39 is 5.97 Å². The fourth-order valence-corrected chi connectivity index (χ4v) is 2.87. The van der Waals surface area contributed by atoms with Gasteiger partial charge in [0.05, 0.1) is 18.8 Å². The molecule has 0 unspecified atom stereocenters. The minimum absolute atomic E-state index is 0.266. The zero-order chi connectivity index (χ0) is 20.8. The zero-order valence-electron chi connectivity index (χ0n) is 16.9. The van der Waals surface area contributed by atoms with Gasteiger partial charge in [0.25, 0.3) is 0 Å². The van der Waals surface area contributed by atoms with Crippen molar-refractivity contribution in [3.8, 4) is 11.5 Å². The van der Waals surface area contributed by atoms with E-state index in [1.54, 1.807) is 24.4 Å². The second-order valence-corrected chi connectivity index (χ2v) is 7.05. The number of rotatable bonds is 9. The van der Waals surface area contributed by atoms with Gasteiger partial charge in [-0.25, -0.2) is 4.79 Å². The van der Waals surface area contributed by atoms with E-state index in [2.05, 4.69) is 18.8 Å². The first-order valence-corrected chi connectivity index (χ1v) is 9.65. The highest BCUT2D eigenvalue weighted by Gasteiger charge is 2.17. The summed E-state index contributed by atoms with van der Waals surface area (Å²) < 4.78 is 16.6. The summed E-state index contributed by atoms with van der Waals surface area (Å²) in [7, 11) is 0. The van der Waals surface area contributed by atoms with Gasteiger partial charge in [-0.1, -0.05) is 32.0 Å². The third-order valence-corrected chi connectivity index (χ3v) is 4.28. The molecule has 0 aliphatic rings. The Balaban J connectivity index is 1.68. The molecular weight excluding hydrogens is 370 g/mol. The van der Waals surface area contributed by atoms with Gasteiger partial charge in [0.1, 0.15) is 0 Å². The maximum absolute atomic E-state index is 12.5. The Morgan fingerprint density at radius 2 is 1.83 bits per heavy atom. The van der Waals surface area contributed by atoms with Crippen LogP contribution >= 0.6 is 0 Å². The number of aromatic nitrogens is 1. The van der Waals surface area contributed by atoms with Crippen LogP contribution in [0.5, 0.6) is 11.5 Å². The highest BCUT2D eigenvalue weighted by molar-refractivity contribution is 6.09.